The molecule has 0 spiro atoms. The maximum absolute atomic E-state index is 5.58. The van der Waals surface area contributed by atoms with Crippen LogP contribution < -0.4 is 5.32 Å². The van der Waals surface area contributed by atoms with Gasteiger partial charge in [0.25, 0.3) is 0 Å². The number of aryl methyl sites for hydroxylation is 1. The third kappa shape index (κ3) is 2.72. The molecule has 0 amide bonds. The van der Waals surface area contributed by atoms with Crippen LogP contribution in [0, 0.1) is 6.92 Å². The Balaban J connectivity index is 1.61. The van der Waals surface area contributed by atoms with Crippen LogP contribution in [0.2, 0.25) is 0 Å². The van der Waals surface area contributed by atoms with E-state index in [2.05, 4.69) is 23.2 Å². The first-order valence-corrected chi connectivity index (χ1v) is 6.83. The van der Waals surface area contributed by atoms with Gasteiger partial charge in [0, 0.05) is 18.6 Å². The van der Waals surface area contributed by atoms with Crippen LogP contribution in [0.5, 0.6) is 0 Å². The van der Waals surface area contributed by atoms with Crippen LogP contribution in [0.1, 0.15) is 37.0 Å². The Morgan fingerprint density at radius 1 is 1.41 bits per heavy atom. The molecular weight excluding hydrogens is 212 g/mol. The second kappa shape index (κ2) is 4.83. The van der Waals surface area contributed by atoms with Crippen molar-refractivity contribution in [3.63, 3.8) is 0 Å². The van der Waals surface area contributed by atoms with Crippen LogP contribution in [-0.4, -0.2) is 30.1 Å². The molecule has 17 heavy (non-hydrogen) atoms. The Bertz CT molecular complexity index is 364. The standard InChI is InChI=1S/C14H22N2O/c1-11-6-8-17-14(11)10-16(13-4-5-13)9-12-3-2-7-15-12/h6,8,12-13,15H,2-5,7,9-10H2,1H3. The molecule has 3 nitrogen and oxygen atoms in total. The maximum atomic E-state index is 5.58. The minimum atomic E-state index is 0.700. The van der Waals surface area contributed by atoms with Crippen molar-refractivity contribution in [2.24, 2.45) is 0 Å². The van der Waals surface area contributed by atoms with Gasteiger partial charge in [-0.2, -0.15) is 0 Å². The van der Waals surface area contributed by atoms with Crippen LogP contribution in [0.3, 0.4) is 0 Å². The van der Waals surface area contributed by atoms with Gasteiger partial charge >= 0.3 is 0 Å². The number of hydrogen-bond acceptors (Lipinski definition) is 3. The van der Waals surface area contributed by atoms with Gasteiger partial charge in [-0.05, 0) is 50.8 Å². The minimum Gasteiger partial charge on any atom is -0.468 e. The molecule has 3 heteroatoms. The van der Waals surface area contributed by atoms with E-state index < -0.39 is 0 Å². The van der Waals surface area contributed by atoms with Crippen LogP contribution >= 0.6 is 0 Å². The highest BCUT2D eigenvalue weighted by Gasteiger charge is 2.31. The molecule has 1 aromatic rings. The summed E-state index contributed by atoms with van der Waals surface area (Å²) in [5.41, 5.74) is 1.29. The number of furan rings is 1. The fourth-order valence-electron chi connectivity index (χ4n) is 2.73. The predicted molar refractivity (Wildman–Crippen MR) is 67.9 cm³/mol. The average Bonchev–Trinajstić information content (AvgIpc) is 2.91. The molecule has 2 fully saturated rings. The summed E-state index contributed by atoms with van der Waals surface area (Å²) in [6, 6.07) is 3.57. The molecule has 1 N–H and O–H groups in total. The van der Waals surface area contributed by atoms with Crippen molar-refractivity contribution in [1.82, 2.24) is 10.2 Å². The van der Waals surface area contributed by atoms with Gasteiger partial charge in [0.1, 0.15) is 5.76 Å². The summed E-state index contributed by atoms with van der Waals surface area (Å²) in [5.74, 6) is 1.15. The SMILES string of the molecule is Cc1ccoc1CN(CC1CCCN1)C1CC1. The van der Waals surface area contributed by atoms with Gasteiger partial charge in [-0.15, -0.1) is 0 Å². The molecule has 1 aliphatic heterocycles. The second-order valence-corrected chi connectivity index (χ2v) is 5.48. The van der Waals surface area contributed by atoms with Gasteiger partial charge in [0.05, 0.1) is 12.8 Å². The van der Waals surface area contributed by atoms with Gasteiger partial charge < -0.3 is 9.73 Å². The molecule has 0 aromatic carbocycles. The average molecular weight is 234 g/mol. The van der Waals surface area contributed by atoms with E-state index in [1.165, 1.54) is 44.3 Å². The number of rotatable bonds is 5. The molecule has 0 bridgehead atoms. The molecule has 1 unspecified atom stereocenters. The van der Waals surface area contributed by atoms with E-state index in [4.69, 9.17) is 4.42 Å². The molecule has 2 heterocycles. The van der Waals surface area contributed by atoms with E-state index in [-0.39, 0.29) is 0 Å². The first kappa shape index (κ1) is 11.3. The van der Waals surface area contributed by atoms with Gasteiger partial charge in [-0.25, -0.2) is 0 Å². The zero-order chi connectivity index (χ0) is 11.7. The van der Waals surface area contributed by atoms with Gasteiger partial charge in [0.15, 0.2) is 0 Å². The minimum absolute atomic E-state index is 0.700. The molecule has 1 saturated heterocycles. The molecule has 0 radical (unpaired) electrons. The lowest BCUT2D eigenvalue weighted by Gasteiger charge is -2.24. The Hall–Kier alpha value is -0.800. The van der Waals surface area contributed by atoms with Crippen LogP contribution in [0.25, 0.3) is 0 Å². The third-order valence-corrected chi connectivity index (χ3v) is 4.00. The zero-order valence-electron chi connectivity index (χ0n) is 10.6. The monoisotopic (exact) mass is 234 g/mol. The number of nitrogens with one attached hydrogen (secondary N) is 1. The van der Waals surface area contributed by atoms with Gasteiger partial charge in [0.2, 0.25) is 0 Å². The molecule has 1 aromatic heterocycles. The van der Waals surface area contributed by atoms with Gasteiger partial charge in [-0.3, -0.25) is 4.90 Å². The highest BCUT2D eigenvalue weighted by Crippen LogP contribution is 2.29. The third-order valence-electron chi connectivity index (χ3n) is 4.00. The highest BCUT2D eigenvalue weighted by molar-refractivity contribution is 5.14. The topological polar surface area (TPSA) is 28.4 Å². The fraction of sp³-hybridized carbons (Fsp3) is 0.714. The Morgan fingerprint density at radius 2 is 2.29 bits per heavy atom. The zero-order valence-corrected chi connectivity index (χ0v) is 10.6. The first-order valence-electron chi connectivity index (χ1n) is 6.83. The van der Waals surface area contributed by atoms with Gasteiger partial charge in [-0.1, -0.05) is 0 Å². The molecule has 2 aliphatic rings. The van der Waals surface area contributed by atoms with E-state index in [0.29, 0.717) is 6.04 Å². The lowest BCUT2D eigenvalue weighted by atomic mass is 10.2. The summed E-state index contributed by atoms with van der Waals surface area (Å²) < 4.78 is 5.58. The predicted octanol–water partition coefficient (Wildman–Crippen LogP) is 2.30. The molecule has 94 valence electrons. The second-order valence-electron chi connectivity index (χ2n) is 5.48. The molecular formula is C14H22N2O. The molecule has 3 rings (SSSR count). The van der Waals surface area contributed by atoms with E-state index in [0.717, 1.165) is 18.3 Å². The van der Waals surface area contributed by atoms with Crippen molar-refractivity contribution in [1.29, 1.82) is 0 Å². The lowest BCUT2D eigenvalue weighted by Crippen LogP contribution is -2.38. The normalized spacial score (nSPS) is 24.7. The summed E-state index contributed by atoms with van der Waals surface area (Å²) in [7, 11) is 0. The highest BCUT2D eigenvalue weighted by atomic mass is 16.3. The number of hydrogen-bond donors (Lipinski definition) is 1. The molecule has 1 atom stereocenters. The number of nitrogens with zero attached hydrogens (tertiary/aromatic N) is 1. The van der Waals surface area contributed by atoms with E-state index in [9.17, 15) is 0 Å². The van der Waals surface area contributed by atoms with Crippen molar-refractivity contribution >= 4 is 0 Å². The quantitative estimate of drug-likeness (QED) is 0.847. The summed E-state index contributed by atoms with van der Waals surface area (Å²) in [6.07, 6.45) is 7.21. The van der Waals surface area contributed by atoms with Crippen LogP contribution in [0.4, 0.5) is 0 Å². The molecule has 1 saturated carbocycles. The van der Waals surface area contributed by atoms with E-state index in [1.54, 1.807) is 0 Å². The summed E-state index contributed by atoms with van der Waals surface area (Å²) in [5, 5.41) is 3.59. The fourth-order valence-corrected chi connectivity index (χ4v) is 2.73. The van der Waals surface area contributed by atoms with Crippen molar-refractivity contribution in [3.8, 4) is 0 Å². The molecule has 1 aliphatic carbocycles. The summed E-state index contributed by atoms with van der Waals surface area (Å²) >= 11 is 0. The summed E-state index contributed by atoms with van der Waals surface area (Å²) in [6.45, 7) is 5.51. The van der Waals surface area contributed by atoms with Crippen molar-refractivity contribution in [2.45, 2.75) is 51.2 Å². The summed E-state index contributed by atoms with van der Waals surface area (Å²) in [4.78, 5) is 2.61. The van der Waals surface area contributed by atoms with E-state index >= 15 is 0 Å². The van der Waals surface area contributed by atoms with Crippen molar-refractivity contribution < 1.29 is 4.42 Å². The Kier molecular flexibility index (Phi) is 3.21. The van der Waals surface area contributed by atoms with Crippen LogP contribution in [0.15, 0.2) is 16.7 Å². The Labute approximate surface area is 103 Å². The van der Waals surface area contributed by atoms with E-state index in [1.807, 2.05) is 6.26 Å². The van der Waals surface area contributed by atoms with Crippen LogP contribution in [-0.2, 0) is 6.54 Å². The first-order chi connectivity index (χ1) is 8.33. The van der Waals surface area contributed by atoms with Crippen molar-refractivity contribution in [2.75, 3.05) is 13.1 Å². The van der Waals surface area contributed by atoms with Crippen molar-refractivity contribution in [3.05, 3.63) is 23.7 Å². The lowest BCUT2D eigenvalue weighted by molar-refractivity contribution is 0.213. The smallest absolute Gasteiger partial charge is 0.120 e. The Morgan fingerprint density at radius 3 is 2.88 bits per heavy atom. The maximum Gasteiger partial charge on any atom is 0.120 e. The largest absolute Gasteiger partial charge is 0.468 e.